The number of rotatable bonds is 3. The smallest absolute Gasteiger partial charge is 0.254 e. The molecular formula is C15H14BrFN2O. The third kappa shape index (κ3) is 3.36. The summed E-state index contributed by atoms with van der Waals surface area (Å²) in [7, 11) is 0. The van der Waals surface area contributed by atoms with Crippen LogP contribution in [0.2, 0.25) is 0 Å². The van der Waals surface area contributed by atoms with E-state index in [1.165, 1.54) is 12.1 Å². The molecule has 0 spiro atoms. The fourth-order valence-electron chi connectivity index (χ4n) is 1.85. The largest absolute Gasteiger partial charge is 0.399 e. The minimum absolute atomic E-state index is 0.0129. The predicted octanol–water partition coefficient (Wildman–Crippen LogP) is 3.66. The first-order chi connectivity index (χ1) is 9.47. The van der Waals surface area contributed by atoms with E-state index >= 15 is 0 Å². The van der Waals surface area contributed by atoms with E-state index in [0.717, 1.165) is 16.1 Å². The summed E-state index contributed by atoms with van der Waals surface area (Å²) < 4.78 is 14.6. The van der Waals surface area contributed by atoms with Crippen LogP contribution < -0.4 is 11.1 Å². The first-order valence-electron chi connectivity index (χ1n) is 6.08. The molecule has 2 rings (SSSR count). The van der Waals surface area contributed by atoms with Gasteiger partial charge < -0.3 is 11.1 Å². The third-order valence-corrected chi connectivity index (χ3v) is 3.43. The second-order valence-electron chi connectivity index (χ2n) is 4.49. The Morgan fingerprint density at radius 3 is 2.70 bits per heavy atom. The van der Waals surface area contributed by atoms with Crippen molar-refractivity contribution in [3.8, 4) is 0 Å². The summed E-state index contributed by atoms with van der Waals surface area (Å²) in [6.07, 6.45) is 0. The molecule has 3 N–H and O–H groups in total. The number of carbonyl (C=O) groups is 1. The average Bonchev–Trinajstić information content (AvgIpc) is 2.38. The fourth-order valence-corrected chi connectivity index (χ4v) is 2.27. The van der Waals surface area contributed by atoms with Crippen LogP contribution in [-0.2, 0) is 0 Å². The van der Waals surface area contributed by atoms with Crippen molar-refractivity contribution >= 4 is 27.5 Å². The minimum atomic E-state index is -0.621. The van der Waals surface area contributed by atoms with Gasteiger partial charge in [0.2, 0.25) is 0 Å². The lowest BCUT2D eigenvalue weighted by Gasteiger charge is -2.15. The second kappa shape index (κ2) is 6.05. The highest BCUT2D eigenvalue weighted by Gasteiger charge is 2.15. The second-order valence-corrected chi connectivity index (χ2v) is 5.41. The van der Waals surface area contributed by atoms with Gasteiger partial charge in [-0.2, -0.15) is 0 Å². The molecule has 2 aromatic rings. The van der Waals surface area contributed by atoms with Gasteiger partial charge in [0.25, 0.3) is 5.91 Å². The highest BCUT2D eigenvalue weighted by Crippen LogP contribution is 2.19. The molecular weight excluding hydrogens is 323 g/mol. The first-order valence-corrected chi connectivity index (χ1v) is 6.88. The lowest BCUT2D eigenvalue weighted by atomic mass is 10.1. The van der Waals surface area contributed by atoms with Crippen molar-refractivity contribution in [1.29, 1.82) is 0 Å². The van der Waals surface area contributed by atoms with Gasteiger partial charge in [0.05, 0.1) is 11.6 Å². The summed E-state index contributed by atoms with van der Waals surface area (Å²) in [5.41, 5.74) is 6.67. The van der Waals surface area contributed by atoms with Gasteiger partial charge in [0.1, 0.15) is 5.82 Å². The van der Waals surface area contributed by atoms with E-state index in [4.69, 9.17) is 5.73 Å². The van der Waals surface area contributed by atoms with Gasteiger partial charge in [0, 0.05) is 10.2 Å². The van der Waals surface area contributed by atoms with Gasteiger partial charge in [-0.05, 0) is 42.8 Å². The Morgan fingerprint density at radius 1 is 1.30 bits per heavy atom. The number of halogens is 2. The van der Waals surface area contributed by atoms with Crippen LogP contribution in [0.15, 0.2) is 46.9 Å². The zero-order valence-corrected chi connectivity index (χ0v) is 12.4. The summed E-state index contributed by atoms with van der Waals surface area (Å²) in [6.45, 7) is 1.84. The van der Waals surface area contributed by atoms with Crippen molar-refractivity contribution in [1.82, 2.24) is 5.32 Å². The molecule has 0 heterocycles. The van der Waals surface area contributed by atoms with Crippen molar-refractivity contribution in [3.05, 3.63) is 63.9 Å². The summed E-state index contributed by atoms with van der Waals surface area (Å²) in [5.74, 6) is -1.08. The highest BCUT2D eigenvalue weighted by molar-refractivity contribution is 9.10. The van der Waals surface area contributed by atoms with Crippen LogP contribution >= 0.6 is 15.9 Å². The Labute approximate surface area is 125 Å². The Morgan fingerprint density at radius 2 is 2.05 bits per heavy atom. The zero-order chi connectivity index (χ0) is 14.7. The summed E-state index contributed by atoms with van der Waals surface area (Å²) >= 11 is 3.37. The molecule has 0 saturated carbocycles. The zero-order valence-electron chi connectivity index (χ0n) is 10.9. The molecule has 1 atom stereocenters. The number of nitrogens with one attached hydrogen (secondary N) is 1. The van der Waals surface area contributed by atoms with Crippen molar-refractivity contribution in [2.24, 2.45) is 0 Å². The number of hydrogen-bond donors (Lipinski definition) is 2. The summed E-state index contributed by atoms with van der Waals surface area (Å²) in [6, 6.07) is 11.4. The number of nitrogen functional groups attached to an aromatic ring is 1. The average molecular weight is 337 g/mol. The molecule has 0 aliphatic heterocycles. The van der Waals surface area contributed by atoms with Gasteiger partial charge in [-0.3, -0.25) is 4.79 Å². The predicted molar refractivity (Wildman–Crippen MR) is 80.8 cm³/mol. The normalized spacial score (nSPS) is 11.9. The van der Waals surface area contributed by atoms with Gasteiger partial charge in [0.15, 0.2) is 0 Å². The monoisotopic (exact) mass is 336 g/mol. The van der Waals surface area contributed by atoms with Crippen LogP contribution in [0.3, 0.4) is 0 Å². The molecule has 0 bridgehead atoms. The number of hydrogen-bond acceptors (Lipinski definition) is 2. The van der Waals surface area contributed by atoms with Gasteiger partial charge >= 0.3 is 0 Å². The number of carbonyl (C=O) groups excluding carboxylic acids is 1. The van der Waals surface area contributed by atoms with Crippen LogP contribution in [0.1, 0.15) is 28.9 Å². The van der Waals surface area contributed by atoms with Crippen molar-refractivity contribution in [2.45, 2.75) is 13.0 Å². The Balaban J connectivity index is 2.15. The maximum absolute atomic E-state index is 13.7. The molecule has 5 heteroatoms. The molecule has 0 aliphatic carbocycles. The van der Waals surface area contributed by atoms with E-state index in [0.29, 0.717) is 5.69 Å². The molecule has 104 valence electrons. The topological polar surface area (TPSA) is 55.1 Å². The highest BCUT2D eigenvalue weighted by atomic mass is 79.9. The summed E-state index contributed by atoms with van der Waals surface area (Å²) in [4.78, 5) is 12.0. The van der Waals surface area contributed by atoms with E-state index in [9.17, 15) is 9.18 Å². The number of anilines is 1. The van der Waals surface area contributed by atoms with E-state index in [-0.39, 0.29) is 11.6 Å². The van der Waals surface area contributed by atoms with Crippen LogP contribution in [0.25, 0.3) is 0 Å². The Kier molecular flexibility index (Phi) is 4.39. The molecule has 3 nitrogen and oxygen atoms in total. The van der Waals surface area contributed by atoms with Crippen molar-refractivity contribution in [3.63, 3.8) is 0 Å². The number of amides is 1. The minimum Gasteiger partial charge on any atom is -0.399 e. The fraction of sp³-hybridized carbons (Fsp3) is 0.133. The SMILES string of the molecule is C[C@H](NC(=O)c1ccc(N)cc1F)c1cccc(Br)c1. The maximum atomic E-state index is 13.7. The maximum Gasteiger partial charge on any atom is 0.254 e. The molecule has 0 radical (unpaired) electrons. The number of nitrogens with two attached hydrogens (primary N) is 1. The van der Waals surface area contributed by atoms with Crippen molar-refractivity contribution < 1.29 is 9.18 Å². The van der Waals surface area contributed by atoms with Crippen molar-refractivity contribution in [2.75, 3.05) is 5.73 Å². The molecule has 0 aromatic heterocycles. The molecule has 0 aliphatic rings. The van der Waals surface area contributed by atoms with Crippen LogP contribution in [0.4, 0.5) is 10.1 Å². The van der Waals surface area contributed by atoms with Gasteiger partial charge in [-0.15, -0.1) is 0 Å². The van der Waals surface area contributed by atoms with E-state index in [1.54, 1.807) is 0 Å². The molecule has 20 heavy (non-hydrogen) atoms. The van der Waals surface area contributed by atoms with E-state index in [2.05, 4.69) is 21.2 Å². The van der Waals surface area contributed by atoms with Crippen LogP contribution in [-0.4, -0.2) is 5.91 Å². The quantitative estimate of drug-likeness (QED) is 0.840. The Hall–Kier alpha value is -1.88. The molecule has 2 aromatic carbocycles. The Bertz CT molecular complexity index is 646. The standard InChI is InChI=1S/C15H14BrFN2O/c1-9(10-3-2-4-11(16)7-10)19-15(20)13-6-5-12(18)8-14(13)17/h2-9H,18H2,1H3,(H,19,20)/t9-/m0/s1. The molecule has 1 amide bonds. The van der Waals surface area contributed by atoms with Gasteiger partial charge in [-0.25, -0.2) is 4.39 Å². The molecule has 0 fully saturated rings. The van der Waals surface area contributed by atoms with Gasteiger partial charge in [-0.1, -0.05) is 28.1 Å². The lowest BCUT2D eigenvalue weighted by molar-refractivity contribution is 0.0936. The van der Waals surface area contributed by atoms with Crippen LogP contribution in [0.5, 0.6) is 0 Å². The van der Waals surface area contributed by atoms with E-state index < -0.39 is 11.7 Å². The number of benzene rings is 2. The molecule has 0 saturated heterocycles. The van der Waals surface area contributed by atoms with E-state index in [1.807, 2.05) is 31.2 Å². The lowest BCUT2D eigenvalue weighted by Crippen LogP contribution is -2.27. The summed E-state index contributed by atoms with van der Waals surface area (Å²) in [5, 5.41) is 2.76. The third-order valence-electron chi connectivity index (χ3n) is 2.93. The van der Waals surface area contributed by atoms with Crippen LogP contribution in [0, 0.1) is 5.82 Å². The first kappa shape index (κ1) is 14.5. The molecule has 0 unspecified atom stereocenters.